The van der Waals surface area contributed by atoms with E-state index in [9.17, 15) is 9.59 Å². The van der Waals surface area contributed by atoms with E-state index in [1.54, 1.807) is 0 Å². The van der Waals surface area contributed by atoms with Crippen LogP contribution in [0.4, 0.5) is 0 Å². The lowest BCUT2D eigenvalue weighted by Crippen LogP contribution is -2.50. The molecule has 1 aliphatic rings. The Hall–Kier alpha value is -2.46. The molecule has 2 aromatic carbocycles. The molecule has 0 radical (unpaired) electrons. The predicted molar refractivity (Wildman–Crippen MR) is 104 cm³/mol. The molecule has 2 unspecified atom stereocenters. The Labute approximate surface area is 155 Å². The molecular formula is C22H26N2O2. The summed E-state index contributed by atoms with van der Waals surface area (Å²) in [6.45, 7) is 3.97. The number of amides is 1. The maximum atomic E-state index is 12.4. The minimum atomic E-state index is -0.0418. The van der Waals surface area contributed by atoms with Gasteiger partial charge in [-0.1, -0.05) is 61.5 Å². The van der Waals surface area contributed by atoms with Crippen molar-refractivity contribution in [3.05, 3.63) is 60.2 Å². The Kier molecular flexibility index (Phi) is 6.18. The number of hydrogen-bond acceptors (Lipinski definition) is 3. The number of nitrogens with one attached hydrogen (secondary N) is 2. The number of ketones is 1. The van der Waals surface area contributed by atoms with Crippen molar-refractivity contribution >= 4 is 11.7 Å². The third kappa shape index (κ3) is 4.79. The summed E-state index contributed by atoms with van der Waals surface area (Å²) < 4.78 is 0. The van der Waals surface area contributed by atoms with E-state index in [0.717, 1.165) is 30.6 Å². The Morgan fingerprint density at radius 1 is 1.00 bits per heavy atom. The molecule has 0 aliphatic carbocycles. The topological polar surface area (TPSA) is 58.2 Å². The first-order valence-corrected chi connectivity index (χ1v) is 9.32. The van der Waals surface area contributed by atoms with Gasteiger partial charge in [0.2, 0.25) is 5.91 Å². The van der Waals surface area contributed by atoms with E-state index < -0.39 is 0 Å². The molecule has 3 rings (SSSR count). The van der Waals surface area contributed by atoms with Crippen LogP contribution in [-0.2, 0) is 4.79 Å². The summed E-state index contributed by atoms with van der Waals surface area (Å²) in [5.41, 5.74) is 2.87. The van der Waals surface area contributed by atoms with Gasteiger partial charge in [0, 0.05) is 31.0 Å². The van der Waals surface area contributed by atoms with Gasteiger partial charge in [-0.25, -0.2) is 0 Å². The summed E-state index contributed by atoms with van der Waals surface area (Å²) in [5.74, 6) is 0.441. The third-order valence-electron chi connectivity index (χ3n) is 5.07. The summed E-state index contributed by atoms with van der Waals surface area (Å²) in [6, 6.07) is 17.8. The number of carbonyl (C=O) groups excluding carboxylic acids is 2. The standard InChI is InChI=1S/C22H26N2O2/c1-16-13-14-23-15-20(16)24-22(26)12-11-21(25)19-9-7-18(8-10-19)17-5-3-2-4-6-17/h2-10,16,20,23H,11-15H2,1H3,(H,24,26). The maximum Gasteiger partial charge on any atom is 0.220 e. The quantitative estimate of drug-likeness (QED) is 0.785. The smallest absolute Gasteiger partial charge is 0.220 e. The molecule has 1 fully saturated rings. The SMILES string of the molecule is CC1CCNCC1NC(=O)CCC(=O)c1ccc(-c2ccccc2)cc1. The van der Waals surface area contributed by atoms with Crippen LogP contribution < -0.4 is 10.6 Å². The van der Waals surface area contributed by atoms with E-state index in [1.165, 1.54) is 0 Å². The molecule has 0 saturated carbocycles. The van der Waals surface area contributed by atoms with Gasteiger partial charge in [0.05, 0.1) is 0 Å². The molecule has 0 spiro atoms. The zero-order chi connectivity index (χ0) is 18.4. The highest BCUT2D eigenvalue weighted by atomic mass is 16.2. The van der Waals surface area contributed by atoms with Crippen LogP contribution >= 0.6 is 0 Å². The summed E-state index contributed by atoms with van der Waals surface area (Å²) in [7, 11) is 0. The largest absolute Gasteiger partial charge is 0.352 e. The molecular weight excluding hydrogens is 324 g/mol. The molecule has 136 valence electrons. The number of hydrogen-bond donors (Lipinski definition) is 2. The lowest BCUT2D eigenvalue weighted by atomic mass is 9.94. The fraction of sp³-hybridized carbons (Fsp3) is 0.364. The molecule has 1 heterocycles. The highest BCUT2D eigenvalue weighted by Gasteiger charge is 2.22. The summed E-state index contributed by atoms with van der Waals surface area (Å²) in [6.07, 6.45) is 1.55. The van der Waals surface area contributed by atoms with Crippen LogP contribution in [0.5, 0.6) is 0 Å². The monoisotopic (exact) mass is 350 g/mol. The van der Waals surface area contributed by atoms with Gasteiger partial charge in [0.15, 0.2) is 5.78 Å². The first kappa shape index (κ1) is 18.3. The molecule has 1 saturated heterocycles. The van der Waals surface area contributed by atoms with Crippen molar-refractivity contribution in [3.8, 4) is 11.1 Å². The second-order valence-electron chi connectivity index (χ2n) is 7.01. The Morgan fingerprint density at radius 3 is 2.38 bits per heavy atom. The fourth-order valence-corrected chi connectivity index (χ4v) is 3.31. The average molecular weight is 350 g/mol. The highest BCUT2D eigenvalue weighted by molar-refractivity contribution is 5.98. The number of rotatable bonds is 6. The molecule has 1 amide bonds. The Morgan fingerprint density at radius 2 is 1.69 bits per heavy atom. The van der Waals surface area contributed by atoms with Gasteiger partial charge < -0.3 is 10.6 Å². The van der Waals surface area contributed by atoms with E-state index in [2.05, 4.69) is 17.6 Å². The van der Waals surface area contributed by atoms with Crippen LogP contribution in [0, 0.1) is 5.92 Å². The predicted octanol–water partition coefficient (Wildman–Crippen LogP) is 3.43. The normalized spacial score (nSPS) is 19.7. The van der Waals surface area contributed by atoms with Crippen molar-refractivity contribution in [1.82, 2.24) is 10.6 Å². The Balaban J connectivity index is 1.51. The minimum Gasteiger partial charge on any atom is -0.352 e. The second kappa shape index (κ2) is 8.77. The number of carbonyl (C=O) groups is 2. The minimum absolute atomic E-state index is 0.00887. The van der Waals surface area contributed by atoms with Crippen LogP contribution in [0.3, 0.4) is 0 Å². The first-order chi connectivity index (χ1) is 12.6. The molecule has 26 heavy (non-hydrogen) atoms. The molecule has 0 bridgehead atoms. The molecule has 1 aliphatic heterocycles. The van der Waals surface area contributed by atoms with E-state index in [1.807, 2.05) is 54.6 Å². The lowest BCUT2D eigenvalue weighted by molar-refractivity contribution is -0.122. The second-order valence-corrected chi connectivity index (χ2v) is 7.01. The van der Waals surface area contributed by atoms with Gasteiger partial charge in [0.25, 0.3) is 0 Å². The van der Waals surface area contributed by atoms with Crippen molar-refractivity contribution in [2.45, 2.75) is 32.2 Å². The van der Waals surface area contributed by atoms with Crippen molar-refractivity contribution in [2.75, 3.05) is 13.1 Å². The third-order valence-corrected chi connectivity index (χ3v) is 5.07. The maximum absolute atomic E-state index is 12.4. The van der Waals surface area contributed by atoms with E-state index in [4.69, 9.17) is 0 Å². The van der Waals surface area contributed by atoms with Crippen LogP contribution in [0.15, 0.2) is 54.6 Å². The van der Waals surface area contributed by atoms with Crippen molar-refractivity contribution in [3.63, 3.8) is 0 Å². The molecule has 2 aromatic rings. The van der Waals surface area contributed by atoms with E-state index in [0.29, 0.717) is 11.5 Å². The zero-order valence-electron chi connectivity index (χ0n) is 15.2. The van der Waals surface area contributed by atoms with Crippen molar-refractivity contribution in [1.29, 1.82) is 0 Å². The molecule has 4 heteroatoms. The summed E-state index contributed by atoms with van der Waals surface area (Å²) in [4.78, 5) is 24.5. The van der Waals surface area contributed by atoms with E-state index >= 15 is 0 Å². The zero-order valence-corrected chi connectivity index (χ0v) is 15.2. The van der Waals surface area contributed by atoms with Crippen LogP contribution in [0.25, 0.3) is 11.1 Å². The molecule has 4 nitrogen and oxygen atoms in total. The summed E-state index contributed by atoms with van der Waals surface area (Å²) >= 11 is 0. The number of Topliss-reactive ketones (excluding diaryl/α,β-unsaturated/α-hetero) is 1. The van der Waals surface area contributed by atoms with Crippen LogP contribution in [0.1, 0.15) is 36.5 Å². The van der Waals surface area contributed by atoms with Crippen LogP contribution in [-0.4, -0.2) is 30.8 Å². The van der Waals surface area contributed by atoms with Crippen LogP contribution in [0.2, 0.25) is 0 Å². The van der Waals surface area contributed by atoms with Gasteiger partial charge >= 0.3 is 0 Å². The number of piperidine rings is 1. The summed E-state index contributed by atoms with van der Waals surface area (Å²) in [5, 5.41) is 6.35. The van der Waals surface area contributed by atoms with E-state index in [-0.39, 0.29) is 30.6 Å². The van der Waals surface area contributed by atoms with Gasteiger partial charge in [0.1, 0.15) is 0 Å². The number of benzene rings is 2. The van der Waals surface area contributed by atoms with Crippen molar-refractivity contribution < 1.29 is 9.59 Å². The molecule has 0 aromatic heterocycles. The first-order valence-electron chi connectivity index (χ1n) is 9.32. The Bertz CT molecular complexity index is 740. The average Bonchev–Trinajstić information content (AvgIpc) is 2.69. The van der Waals surface area contributed by atoms with Gasteiger partial charge in [-0.2, -0.15) is 0 Å². The van der Waals surface area contributed by atoms with Crippen molar-refractivity contribution in [2.24, 2.45) is 5.92 Å². The fourth-order valence-electron chi connectivity index (χ4n) is 3.31. The van der Waals surface area contributed by atoms with Gasteiger partial charge in [-0.05, 0) is 30.0 Å². The molecule has 2 N–H and O–H groups in total. The molecule has 2 atom stereocenters. The van der Waals surface area contributed by atoms with Gasteiger partial charge in [-0.15, -0.1) is 0 Å². The van der Waals surface area contributed by atoms with Gasteiger partial charge in [-0.3, -0.25) is 9.59 Å². The highest BCUT2D eigenvalue weighted by Crippen LogP contribution is 2.20. The lowest BCUT2D eigenvalue weighted by Gasteiger charge is -2.30.